The number of carboxylic acids is 1. The second-order valence-electron chi connectivity index (χ2n) is 8.83. The topological polar surface area (TPSA) is 63.6 Å². The van der Waals surface area contributed by atoms with Crippen LogP contribution in [0.5, 0.6) is 0 Å². The molecule has 1 saturated carbocycles. The molecule has 0 heterocycles. The van der Waals surface area contributed by atoms with Gasteiger partial charge in [0.2, 0.25) is 0 Å². The van der Waals surface area contributed by atoms with Crippen LogP contribution in [0.1, 0.15) is 86.3 Å². The summed E-state index contributed by atoms with van der Waals surface area (Å²) in [5.74, 6) is -0.678. The van der Waals surface area contributed by atoms with Gasteiger partial charge in [0, 0.05) is 0 Å². The summed E-state index contributed by atoms with van der Waals surface area (Å²) in [6.07, 6.45) is 4.36. The van der Waals surface area contributed by atoms with E-state index in [9.17, 15) is 14.7 Å². The fourth-order valence-corrected chi connectivity index (χ4v) is 5.56. The molecule has 0 aliphatic heterocycles. The van der Waals surface area contributed by atoms with Gasteiger partial charge in [0.25, 0.3) is 0 Å². The molecule has 3 rings (SSSR count). The predicted molar refractivity (Wildman–Crippen MR) is 101 cm³/mol. The molecule has 2 aliphatic rings. The third kappa shape index (κ3) is 2.65. The van der Waals surface area contributed by atoms with Gasteiger partial charge in [0.15, 0.2) is 0 Å². The number of methoxy groups -OCH3 is 1. The lowest BCUT2D eigenvalue weighted by atomic mass is 9.49. The third-order valence-electron chi connectivity index (χ3n) is 7.04. The van der Waals surface area contributed by atoms with E-state index in [1.807, 2.05) is 13.0 Å². The number of rotatable bonds is 3. The number of ether oxygens (including phenoxy) is 1. The van der Waals surface area contributed by atoms with Gasteiger partial charge in [0.1, 0.15) is 0 Å². The van der Waals surface area contributed by atoms with Gasteiger partial charge in [-0.25, -0.2) is 4.79 Å². The van der Waals surface area contributed by atoms with E-state index in [-0.39, 0.29) is 23.2 Å². The number of esters is 1. The van der Waals surface area contributed by atoms with E-state index < -0.39 is 11.4 Å². The van der Waals surface area contributed by atoms with Crippen molar-refractivity contribution in [1.29, 1.82) is 0 Å². The molecule has 0 radical (unpaired) electrons. The van der Waals surface area contributed by atoms with Crippen molar-refractivity contribution in [3.63, 3.8) is 0 Å². The Hall–Kier alpha value is -1.84. The summed E-state index contributed by atoms with van der Waals surface area (Å²) >= 11 is 0. The van der Waals surface area contributed by atoms with Crippen LogP contribution < -0.4 is 0 Å². The summed E-state index contributed by atoms with van der Waals surface area (Å²) < 4.78 is 5.03. The Balaban J connectivity index is 2.19. The lowest BCUT2D eigenvalue weighted by Gasteiger charge is -2.53. The Morgan fingerprint density at radius 3 is 2.50 bits per heavy atom. The first-order valence-corrected chi connectivity index (χ1v) is 9.64. The molecule has 142 valence electrons. The fourth-order valence-electron chi connectivity index (χ4n) is 5.56. The number of hydrogen-bond donors (Lipinski definition) is 1. The van der Waals surface area contributed by atoms with Crippen LogP contribution in [0.3, 0.4) is 0 Å². The summed E-state index contributed by atoms with van der Waals surface area (Å²) in [6.45, 7) is 8.28. The van der Waals surface area contributed by atoms with Crippen LogP contribution in [0.15, 0.2) is 12.1 Å². The first kappa shape index (κ1) is 18.9. The highest BCUT2D eigenvalue weighted by molar-refractivity contribution is 5.92. The van der Waals surface area contributed by atoms with Crippen molar-refractivity contribution < 1.29 is 19.4 Å². The van der Waals surface area contributed by atoms with E-state index in [0.29, 0.717) is 5.56 Å². The zero-order valence-corrected chi connectivity index (χ0v) is 16.5. The molecule has 1 aromatic carbocycles. The number of hydrogen-bond acceptors (Lipinski definition) is 3. The first-order chi connectivity index (χ1) is 12.1. The van der Waals surface area contributed by atoms with E-state index >= 15 is 0 Å². The van der Waals surface area contributed by atoms with Gasteiger partial charge in [-0.15, -0.1) is 0 Å². The zero-order valence-electron chi connectivity index (χ0n) is 16.5. The van der Waals surface area contributed by atoms with E-state index in [0.717, 1.165) is 43.2 Å². The lowest BCUT2D eigenvalue weighted by Crippen LogP contribution is -2.52. The molecule has 0 aromatic heterocycles. The fraction of sp³-hybridized carbons (Fsp3) is 0.636. The number of aliphatic carboxylic acids is 1. The van der Waals surface area contributed by atoms with Crippen LogP contribution in [-0.4, -0.2) is 24.2 Å². The summed E-state index contributed by atoms with van der Waals surface area (Å²) in [5, 5.41) is 9.92. The molecule has 3 unspecified atom stereocenters. The molecule has 3 atom stereocenters. The number of aryl methyl sites for hydroxylation is 1. The molecule has 0 bridgehead atoms. The van der Waals surface area contributed by atoms with Crippen LogP contribution in [0.4, 0.5) is 0 Å². The largest absolute Gasteiger partial charge is 0.481 e. The number of fused-ring (bicyclic) bond motifs is 3. The summed E-state index contributed by atoms with van der Waals surface area (Å²) in [4.78, 5) is 24.5. The van der Waals surface area contributed by atoms with Crippen LogP contribution in [-0.2, 0) is 21.4 Å². The van der Waals surface area contributed by atoms with E-state index in [1.165, 1.54) is 12.7 Å². The van der Waals surface area contributed by atoms with E-state index in [2.05, 4.69) is 26.8 Å². The van der Waals surface area contributed by atoms with Gasteiger partial charge < -0.3 is 9.84 Å². The van der Waals surface area contributed by atoms with Crippen molar-refractivity contribution in [3.8, 4) is 0 Å². The van der Waals surface area contributed by atoms with Crippen molar-refractivity contribution >= 4 is 11.9 Å². The number of benzene rings is 1. The quantitative estimate of drug-likeness (QED) is 0.796. The minimum absolute atomic E-state index is 0.0872. The minimum Gasteiger partial charge on any atom is -0.481 e. The smallest absolute Gasteiger partial charge is 0.338 e. The van der Waals surface area contributed by atoms with E-state index in [4.69, 9.17) is 4.74 Å². The summed E-state index contributed by atoms with van der Waals surface area (Å²) in [7, 11) is 1.42. The molecular weight excluding hydrogens is 328 g/mol. The third-order valence-corrected chi connectivity index (χ3v) is 7.04. The second-order valence-corrected chi connectivity index (χ2v) is 8.83. The highest BCUT2D eigenvalue weighted by Crippen LogP contribution is 2.57. The van der Waals surface area contributed by atoms with Crippen LogP contribution in [0.2, 0.25) is 0 Å². The minimum atomic E-state index is -0.702. The van der Waals surface area contributed by atoms with Gasteiger partial charge in [-0.05, 0) is 72.6 Å². The average Bonchev–Trinajstić information content (AvgIpc) is 2.59. The molecule has 4 nitrogen and oxygen atoms in total. The van der Waals surface area contributed by atoms with Crippen molar-refractivity contribution in [2.24, 2.45) is 11.3 Å². The van der Waals surface area contributed by atoms with Crippen LogP contribution in [0.25, 0.3) is 0 Å². The molecule has 1 aromatic rings. The highest BCUT2D eigenvalue weighted by Gasteiger charge is 2.55. The standard InChI is InChI=1S/C22H30O4/c1-13(2)15-11-14-7-8-18-21(3,9-6-10-22(18,4)20(24)25)17(14)12-16(15)19(23)26-5/h11-13,18H,6-10H2,1-5H3,(H,24,25). The second kappa shape index (κ2) is 6.40. The molecule has 1 N–H and O–H groups in total. The van der Waals surface area contributed by atoms with Crippen LogP contribution >= 0.6 is 0 Å². The summed E-state index contributed by atoms with van der Waals surface area (Å²) in [5.41, 5.74) is 3.17. The van der Waals surface area contributed by atoms with Crippen molar-refractivity contribution in [2.75, 3.05) is 7.11 Å². The molecule has 1 fully saturated rings. The molecule has 0 spiro atoms. The molecule has 2 aliphatic carbocycles. The van der Waals surface area contributed by atoms with Gasteiger partial charge in [-0.3, -0.25) is 4.79 Å². The maximum Gasteiger partial charge on any atom is 0.338 e. The molecule has 0 amide bonds. The van der Waals surface area contributed by atoms with Gasteiger partial charge in [0.05, 0.1) is 18.1 Å². The van der Waals surface area contributed by atoms with Crippen molar-refractivity contribution in [2.45, 2.75) is 71.1 Å². The monoisotopic (exact) mass is 358 g/mol. The maximum absolute atomic E-state index is 12.4. The predicted octanol–water partition coefficient (Wildman–Crippen LogP) is 4.69. The molecule has 4 heteroatoms. The number of carboxylic acid groups (broad SMARTS) is 1. The normalized spacial score (nSPS) is 30.5. The Labute approximate surface area is 155 Å². The number of carbonyl (C=O) groups excluding carboxylic acids is 1. The van der Waals surface area contributed by atoms with Crippen LogP contribution in [0, 0.1) is 11.3 Å². The number of carbonyl (C=O) groups is 2. The SMILES string of the molecule is COC(=O)c1cc2c(cc1C(C)C)CCC1C(C)(C(=O)O)CCCC21C. The van der Waals surface area contributed by atoms with Gasteiger partial charge in [-0.2, -0.15) is 0 Å². The zero-order chi connectivity index (χ0) is 19.3. The molecular formula is C22H30O4. The Morgan fingerprint density at radius 2 is 1.92 bits per heavy atom. The Bertz CT molecular complexity index is 751. The van der Waals surface area contributed by atoms with Gasteiger partial charge >= 0.3 is 11.9 Å². The Kier molecular flexibility index (Phi) is 4.66. The summed E-state index contributed by atoms with van der Waals surface area (Å²) in [6, 6.07) is 4.18. The molecule has 0 saturated heterocycles. The first-order valence-electron chi connectivity index (χ1n) is 9.64. The lowest BCUT2D eigenvalue weighted by molar-refractivity contribution is -0.157. The molecule has 26 heavy (non-hydrogen) atoms. The maximum atomic E-state index is 12.4. The van der Waals surface area contributed by atoms with E-state index in [1.54, 1.807) is 0 Å². The van der Waals surface area contributed by atoms with Gasteiger partial charge in [-0.1, -0.05) is 33.3 Å². The Morgan fingerprint density at radius 1 is 1.23 bits per heavy atom. The van der Waals surface area contributed by atoms with Crippen molar-refractivity contribution in [3.05, 3.63) is 34.4 Å². The average molecular weight is 358 g/mol. The highest BCUT2D eigenvalue weighted by atomic mass is 16.5. The van der Waals surface area contributed by atoms with Crippen molar-refractivity contribution in [1.82, 2.24) is 0 Å².